The van der Waals surface area contributed by atoms with Gasteiger partial charge in [0.05, 0.1) is 5.41 Å². The second-order valence-corrected chi connectivity index (χ2v) is 3.33. The molecule has 2 nitrogen and oxygen atoms in total. The van der Waals surface area contributed by atoms with Gasteiger partial charge in [-0.1, -0.05) is 20.7 Å². The summed E-state index contributed by atoms with van der Waals surface area (Å²) < 4.78 is 44.3. The van der Waals surface area contributed by atoms with Gasteiger partial charge in [-0.3, -0.25) is 4.79 Å². The lowest BCUT2D eigenvalue weighted by Gasteiger charge is -2.26. The highest BCUT2D eigenvalue weighted by molar-refractivity contribution is 5.84. The number of carbonyl (C=O) groups excluding carboxylic acids is 1. The predicted molar refractivity (Wildman–Crippen MR) is 45.2 cm³/mol. The van der Waals surface area contributed by atoms with E-state index in [9.17, 15) is 4.79 Å². The third-order valence-corrected chi connectivity index (χ3v) is 2.34. The van der Waals surface area contributed by atoms with Gasteiger partial charge in [0, 0.05) is 21.7 Å². The van der Waals surface area contributed by atoms with E-state index in [1.54, 1.807) is 13.8 Å². The van der Waals surface area contributed by atoms with Crippen LogP contribution in [0.15, 0.2) is 0 Å². The summed E-state index contributed by atoms with van der Waals surface area (Å²) in [5, 5.41) is 0. The first-order valence-corrected chi connectivity index (χ1v) is 3.76. The molecule has 1 heterocycles. The van der Waals surface area contributed by atoms with Crippen LogP contribution in [0.5, 0.6) is 0 Å². The van der Waals surface area contributed by atoms with E-state index >= 15 is 0 Å². The molecule has 1 amide bonds. The number of amides is 1. The predicted octanol–water partition coefficient (Wildman–Crippen LogP) is 1.51. The molecule has 0 radical (unpaired) electrons. The summed E-state index contributed by atoms with van der Waals surface area (Å²) >= 11 is 0. The number of nitrogens with zero attached hydrogens (tertiary/aromatic N) is 1. The van der Waals surface area contributed by atoms with E-state index in [0.29, 0.717) is 4.90 Å². The lowest BCUT2D eigenvalue weighted by atomic mass is 9.78. The Morgan fingerprint density at radius 2 is 2.45 bits per heavy atom. The van der Waals surface area contributed by atoms with Crippen LogP contribution in [0.1, 0.15) is 35.3 Å². The topological polar surface area (TPSA) is 20.3 Å². The molecule has 0 aromatic heterocycles. The average molecular weight is 161 g/mol. The van der Waals surface area contributed by atoms with E-state index in [1.165, 1.54) is 0 Å². The zero-order chi connectivity index (χ0) is 13.6. The minimum Gasteiger partial charge on any atom is -0.345 e. The molecule has 1 aliphatic rings. The number of carbonyl (C=O) groups is 1. The highest BCUT2D eigenvalue weighted by Gasteiger charge is 2.43. The molecule has 0 saturated carbocycles. The number of rotatable bonds is 1. The van der Waals surface area contributed by atoms with Gasteiger partial charge in [-0.05, 0) is 12.3 Å². The summed E-state index contributed by atoms with van der Waals surface area (Å²) in [5.74, 6) is -1.19. The third kappa shape index (κ3) is 1.15. The summed E-state index contributed by atoms with van der Waals surface area (Å²) in [4.78, 5) is 12.9. The third-order valence-electron chi connectivity index (χ3n) is 2.34. The summed E-state index contributed by atoms with van der Waals surface area (Å²) in [5.41, 5.74) is -1.55. The van der Waals surface area contributed by atoms with Crippen molar-refractivity contribution >= 4 is 5.91 Å². The van der Waals surface area contributed by atoms with Crippen LogP contribution < -0.4 is 0 Å². The van der Waals surface area contributed by atoms with Crippen LogP contribution in [0, 0.1) is 11.3 Å². The fraction of sp³-hybridized carbons (Fsp3) is 0.889. The maximum absolute atomic E-state index is 12.2. The number of likely N-dealkylation sites (tertiary alicyclic amines) is 1. The lowest BCUT2D eigenvalue weighted by Crippen LogP contribution is -2.33. The maximum Gasteiger partial charge on any atom is 0.228 e. The molecular formula is C9H17NO. The highest BCUT2D eigenvalue weighted by Crippen LogP contribution is 2.37. The molecular weight excluding hydrogens is 138 g/mol. The molecule has 0 bridgehead atoms. The summed E-state index contributed by atoms with van der Waals surface area (Å²) in [6.07, 6.45) is 0.0678. The van der Waals surface area contributed by atoms with Crippen molar-refractivity contribution in [2.75, 3.05) is 13.5 Å². The summed E-state index contributed by atoms with van der Waals surface area (Å²) in [7, 11) is 0. The molecule has 1 aliphatic heterocycles. The molecule has 1 unspecified atom stereocenters. The van der Waals surface area contributed by atoms with Crippen molar-refractivity contribution in [1.29, 1.82) is 0 Å². The van der Waals surface area contributed by atoms with Crippen molar-refractivity contribution in [1.82, 2.24) is 4.90 Å². The fourth-order valence-corrected chi connectivity index (χ4v) is 1.27. The molecule has 1 rings (SSSR count). The molecule has 11 heavy (non-hydrogen) atoms. The van der Waals surface area contributed by atoms with Gasteiger partial charge in [-0.25, -0.2) is 0 Å². The Kier molecular flexibility index (Phi) is 0.788. The molecule has 0 aromatic carbocycles. The first kappa shape index (κ1) is 3.46. The van der Waals surface area contributed by atoms with Gasteiger partial charge < -0.3 is 4.90 Å². The van der Waals surface area contributed by atoms with Gasteiger partial charge in [0.15, 0.2) is 0 Å². The minimum absolute atomic E-state index is 0.0219. The van der Waals surface area contributed by atoms with Crippen LogP contribution in [-0.2, 0) is 4.79 Å². The zero-order valence-electron chi connectivity index (χ0n) is 12.8. The van der Waals surface area contributed by atoms with E-state index in [4.69, 9.17) is 8.22 Å². The monoisotopic (exact) mass is 161 g/mol. The number of hydrogen-bond acceptors (Lipinski definition) is 1. The lowest BCUT2D eigenvalue weighted by molar-refractivity contribution is -0.136. The molecule has 0 aliphatic carbocycles. The van der Waals surface area contributed by atoms with Gasteiger partial charge in [0.2, 0.25) is 5.91 Å². The Balaban J connectivity index is 3.19. The Morgan fingerprint density at radius 1 is 1.73 bits per heavy atom. The standard InChI is InChI=1S/C9H17NO/c1-7(2)9(3)5-6-10(4)8(9)11/h7H,5-6H2,1-4H3/i3D3,4D3. The molecule has 64 valence electrons. The van der Waals surface area contributed by atoms with E-state index < -0.39 is 31.1 Å². The van der Waals surface area contributed by atoms with E-state index in [-0.39, 0.29) is 13.0 Å². The fourth-order valence-electron chi connectivity index (χ4n) is 1.27. The van der Waals surface area contributed by atoms with Crippen LogP contribution in [0.2, 0.25) is 0 Å². The Bertz CT molecular complexity index is 320. The molecule has 2 heteroatoms. The van der Waals surface area contributed by atoms with Crippen molar-refractivity contribution in [2.45, 2.75) is 27.1 Å². The first-order valence-electron chi connectivity index (χ1n) is 6.76. The quantitative estimate of drug-likeness (QED) is 0.571. The average Bonchev–Trinajstić information content (AvgIpc) is 2.40. The van der Waals surface area contributed by atoms with Gasteiger partial charge in [-0.2, -0.15) is 0 Å². The van der Waals surface area contributed by atoms with E-state index in [0.717, 1.165) is 0 Å². The molecule has 1 saturated heterocycles. The van der Waals surface area contributed by atoms with Gasteiger partial charge >= 0.3 is 0 Å². The molecule has 1 fully saturated rings. The van der Waals surface area contributed by atoms with Gasteiger partial charge in [0.25, 0.3) is 0 Å². The van der Waals surface area contributed by atoms with E-state index in [1.807, 2.05) is 0 Å². The van der Waals surface area contributed by atoms with Crippen molar-refractivity contribution in [3.8, 4) is 0 Å². The summed E-state index contributed by atoms with van der Waals surface area (Å²) in [6.45, 7) is -1.76. The first-order chi connectivity index (χ1) is 7.44. The maximum atomic E-state index is 12.2. The second-order valence-electron chi connectivity index (χ2n) is 3.33. The van der Waals surface area contributed by atoms with Crippen LogP contribution in [-0.4, -0.2) is 24.3 Å². The highest BCUT2D eigenvalue weighted by atomic mass is 16.2. The van der Waals surface area contributed by atoms with Crippen LogP contribution in [0.3, 0.4) is 0 Å². The molecule has 0 N–H and O–H groups in total. The molecule has 1 atom stereocenters. The van der Waals surface area contributed by atoms with Crippen molar-refractivity contribution in [3.05, 3.63) is 0 Å². The SMILES string of the molecule is [2H]C([2H])([2H])N1CCC(C(C)C)(C([2H])([2H])[2H])C1=O. The number of hydrogen-bond donors (Lipinski definition) is 0. The summed E-state index contributed by atoms with van der Waals surface area (Å²) in [6, 6.07) is 0. The van der Waals surface area contributed by atoms with Crippen molar-refractivity contribution < 1.29 is 13.0 Å². The largest absolute Gasteiger partial charge is 0.345 e. The zero-order valence-corrected chi connectivity index (χ0v) is 6.85. The van der Waals surface area contributed by atoms with Crippen LogP contribution in [0.4, 0.5) is 0 Å². The van der Waals surface area contributed by atoms with Gasteiger partial charge in [0.1, 0.15) is 0 Å². The molecule has 0 spiro atoms. The van der Waals surface area contributed by atoms with Gasteiger partial charge in [-0.15, -0.1) is 0 Å². The second kappa shape index (κ2) is 2.50. The Hall–Kier alpha value is -0.530. The Labute approximate surface area is 77.0 Å². The van der Waals surface area contributed by atoms with E-state index in [2.05, 4.69) is 0 Å². The Morgan fingerprint density at radius 3 is 2.73 bits per heavy atom. The van der Waals surface area contributed by atoms with Crippen molar-refractivity contribution in [3.63, 3.8) is 0 Å². The molecule has 0 aromatic rings. The van der Waals surface area contributed by atoms with Crippen molar-refractivity contribution in [2.24, 2.45) is 11.3 Å². The smallest absolute Gasteiger partial charge is 0.228 e. The minimum atomic E-state index is -2.56. The normalized spacial score (nSPS) is 42.5. The van der Waals surface area contributed by atoms with Crippen LogP contribution in [0.25, 0.3) is 0 Å². The van der Waals surface area contributed by atoms with Crippen LogP contribution >= 0.6 is 0 Å².